The van der Waals surface area contributed by atoms with Gasteiger partial charge in [-0.1, -0.05) is 42.5 Å². The minimum atomic E-state index is -0.681. The summed E-state index contributed by atoms with van der Waals surface area (Å²) in [6, 6.07) is 15.3. The van der Waals surface area contributed by atoms with Gasteiger partial charge in [0, 0.05) is 25.8 Å². The first kappa shape index (κ1) is 19.6. The molecule has 0 radical (unpaired) electrons. The summed E-state index contributed by atoms with van der Waals surface area (Å²) in [6.07, 6.45) is 0.585. The van der Waals surface area contributed by atoms with Crippen molar-refractivity contribution in [3.63, 3.8) is 0 Å². The Balaban J connectivity index is 2.09. The molecule has 0 saturated carbocycles. The molecular weight excluding hydrogens is 358 g/mol. The Morgan fingerprint density at radius 2 is 1.71 bits per heavy atom. The van der Waals surface area contributed by atoms with Crippen LogP contribution < -0.4 is 4.74 Å². The zero-order valence-corrected chi connectivity index (χ0v) is 15.9. The molecule has 6 heteroatoms. The number of likely N-dealkylation sites (tertiary alicyclic amines) is 1. The molecule has 0 spiro atoms. The fourth-order valence-corrected chi connectivity index (χ4v) is 3.37. The van der Waals surface area contributed by atoms with Gasteiger partial charge < -0.3 is 19.5 Å². The van der Waals surface area contributed by atoms with E-state index in [1.54, 1.807) is 62.8 Å². The van der Waals surface area contributed by atoms with Gasteiger partial charge in [0.1, 0.15) is 11.5 Å². The van der Waals surface area contributed by atoms with Gasteiger partial charge in [0.05, 0.1) is 18.7 Å². The number of Topliss-reactive ketones (excluding diaryl/α,β-unsaturated/α-hetero) is 1. The molecule has 1 unspecified atom stereocenters. The Kier molecular flexibility index (Phi) is 6.11. The number of methoxy groups -OCH3 is 2. The predicted octanol–water partition coefficient (Wildman–Crippen LogP) is 3.15. The number of rotatable bonds is 7. The summed E-state index contributed by atoms with van der Waals surface area (Å²) in [6.45, 7) is 0.817. The van der Waals surface area contributed by atoms with E-state index in [-0.39, 0.29) is 11.3 Å². The Morgan fingerprint density at radius 3 is 2.32 bits per heavy atom. The predicted molar refractivity (Wildman–Crippen MR) is 105 cm³/mol. The van der Waals surface area contributed by atoms with Crippen molar-refractivity contribution in [2.75, 3.05) is 27.4 Å². The van der Waals surface area contributed by atoms with Crippen LogP contribution in [0.25, 0.3) is 5.76 Å². The molecule has 1 amide bonds. The molecule has 1 aliphatic heterocycles. The molecule has 1 N–H and O–H groups in total. The molecule has 2 aromatic rings. The monoisotopic (exact) mass is 381 g/mol. The molecular formula is C22H23NO5. The van der Waals surface area contributed by atoms with E-state index in [1.807, 2.05) is 6.07 Å². The molecule has 146 valence electrons. The number of benzene rings is 2. The number of carbonyl (C=O) groups excluding carboxylic acids is 2. The maximum Gasteiger partial charge on any atom is 0.295 e. The summed E-state index contributed by atoms with van der Waals surface area (Å²) in [4.78, 5) is 27.0. The van der Waals surface area contributed by atoms with Crippen molar-refractivity contribution in [3.05, 3.63) is 71.3 Å². The van der Waals surface area contributed by atoms with Crippen LogP contribution in [0.4, 0.5) is 0 Å². The van der Waals surface area contributed by atoms with Crippen molar-refractivity contribution < 1.29 is 24.2 Å². The van der Waals surface area contributed by atoms with Crippen molar-refractivity contribution in [2.45, 2.75) is 12.5 Å². The number of hydrogen-bond acceptors (Lipinski definition) is 5. The summed E-state index contributed by atoms with van der Waals surface area (Å²) in [7, 11) is 3.16. The quantitative estimate of drug-likeness (QED) is 0.345. The largest absolute Gasteiger partial charge is 0.507 e. The Hall–Kier alpha value is -3.12. The van der Waals surface area contributed by atoms with Crippen molar-refractivity contribution >= 4 is 17.4 Å². The highest BCUT2D eigenvalue weighted by molar-refractivity contribution is 6.46. The topological polar surface area (TPSA) is 76.1 Å². The normalized spacial score (nSPS) is 18.5. The highest BCUT2D eigenvalue weighted by Crippen LogP contribution is 2.39. The van der Waals surface area contributed by atoms with E-state index < -0.39 is 17.7 Å². The summed E-state index contributed by atoms with van der Waals surface area (Å²) in [5.74, 6) is -0.800. The molecule has 1 aliphatic rings. The van der Waals surface area contributed by atoms with Gasteiger partial charge in [-0.2, -0.15) is 0 Å². The lowest BCUT2D eigenvalue weighted by atomic mass is 9.95. The highest BCUT2D eigenvalue weighted by Gasteiger charge is 2.45. The van der Waals surface area contributed by atoms with Crippen LogP contribution in [-0.4, -0.2) is 49.1 Å². The lowest BCUT2D eigenvalue weighted by Gasteiger charge is -2.25. The van der Waals surface area contributed by atoms with Crippen molar-refractivity contribution in [1.82, 2.24) is 4.90 Å². The van der Waals surface area contributed by atoms with Crippen LogP contribution in [-0.2, 0) is 14.3 Å². The van der Waals surface area contributed by atoms with Gasteiger partial charge in [0.2, 0.25) is 0 Å². The number of nitrogens with zero attached hydrogens (tertiary/aromatic N) is 1. The first-order valence-electron chi connectivity index (χ1n) is 9.05. The number of carbonyl (C=O) groups is 2. The van der Waals surface area contributed by atoms with E-state index in [4.69, 9.17) is 9.47 Å². The second-order valence-corrected chi connectivity index (χ2v) is 6.48. The highest BCUT2D eigenvalue weighted by atomic mass is 16.5. The molecule has 0 aliphatic carbocycles. The number of ether oxygens (including phenoxy) is 2. The van der Waals surface area contributed by atoms with Crippen LogP contribution in [0, 0.1) is 0 Å². The van der Waals surface area contributed by atoms with Gasteiger partial charge in [0.15, 0.2) is 0 Å². The Bertz CT molecular complexity index is 874. The smallest absolute Gasteiger partial charge is 0.295 e. The van der Waals surface area contributed by atoms with Gasteiger partial charge in [-0.3, -0.25) is 9.59 Å². The summed E-state index contributed by atoms with van der Waals surface area (Å²) >= 11 is 0. The molecule has 2 aromatic carbocycles. The van der Waals surface area contributed by atoms with Crippen LogP contribution in [0.5, 0.6) is 5.75 Å². The van der Waals surface area contributed by atoms with E-state index >= 15 is 0 Å². The van der Waals surface area contributed by atoms with Crippen LogP contribution in [0.2, 0.25) is 0 Å². The standard InChI is InChI=1S/C22H23NO5/c1-27-14-6-13-23-19(15-9-11-17(28-2)12-10-15)18(21(25)22(23)26)20(24)16-7-4-3-5-8-16/h3-5,7-12,19,24H,6,13-14H2,1-2H3/b20-18-. The average molecular weight is 381 g/mol. The average Bonchev–Trinajstić information content (AvgIpc) is 2.99. The number of aliphatic hydroxyl groups excluding tert-OH is 1. The summed E-state index contributed by atoms with van der Waals surface area (Å²) in [5, 5.41) is 10.9. The van der Waals surface area contributed by atoms with E-state index in [9.17, 15) is 14.7 Å². The SMILES string of the molecule is COCCCN1C(=O)C(=O)/C(=C(\O)c2ccccc2)C1c1ccc(OC)cc1. The third-order valence-electron chi connectivity index (χ3n) is 4.77. The third kappa shape index (κ3) is 3.77. The minimum absolute atomic E-state index is 0.0961. The van der Waals surface area contributed by atoms with Crippen molar-refractivity contribution in [1.29, 1.82) is 0 Å². The van der Waals surface area contributed by atoms with Gasteiger partial charge in [-0.15, -0.1) is 0 Å². The van der Waals surface area contributed by atoms with E-state index in [2.05, 4.69) is 0 Å². The van der Waals surface area contributed by atoms with E-state index in [0.717, 1.165) is 5.56 Å². The number of ketones is 1. The van der Waals surface area contributed by atoms with Gasteiger partial charge in [-0.05, 0) is 24.1 Å². The molecule has 0 aromatic heterocycles. The number of amides is 1. The number of hydrogen-bond donors (Lipinski definition) is 1. The van der Waals surface area contributed by atoms with E-state index in [0.29, 0.717) is 30.9 Å². The molecule has 28 heavy (non-hydrogen) atoms. The number of aliphatic hydroxyl groups is 1. The second-order valence-electron chi connectivity index (χ2n) is 6.48. The molecule has 1 fully saturated rings. The third-order valence-corrected chi connectivity index (χ3v) is 4.77. The van der Waals surface area contributed by atoms with Gasteiger partial charge in [-0.25, -0.2) is 0 Å². The van der Waals surface area contributed by atoms with E-state index in [1.165, 1.54) is 4.90 Å². The second kappa shape index (κ2) is 8.71. The molecule has 1 atom stereocenters. The summed E-state index contributed by atoms with van der Waals surface area (Å²) < 4.78 is 10.3. The maximum absolute atomic E-state index is 12.8. The fourth-order valence-electron chi connectivity index (χ4n) is 3.37. The van der Waals surface area contributed by atoms with Crippen molar-refractivity contribution in [3.8, 4) is 5.75 Å². The maximum atomic E-state index is 12.8. The Morgan fingerprint density at radius 1 is 1.04 bits per heavy atom. The van der Waals surface area contributed by atoms with Crippen molar-refractivity contribution in [2.24, 2.45) is 0 Å². The Labute approximate surface area is 164 Å². The van der Waals surface area contributed by atoms with Crippen LogP contribution >= 0.6 is 0 Å². The molecule has 6 nitrogen and oxygen atoms in total. The molecule has 0 bridgehead atoms. The fraction of sp³-hybridized carbons (Fsp3) is 0.273. The first-order chi connectivity index (χ1) is 13.6. The van der Waals surface area contributed by atoms with Gasteiger partial charge in [0.25, 0.3) is 11.7 Å². The van der Waals surface area contributed by atoms with Crippen LogP contribution in [0.15, 0.2) is 60.2 Å². The lowest BCUT2D eigenvalue weighted by molar-refractivity contribution is -0.140. The first-order valence-corrected chi connectivity index (χ1v) is 9.05. The summed E-state index contributed by atoms with van der Waals surface area (Å²) in [5.41, 5.74) is 1.32. The van der Waals surface area contributed by atoms with Gasteiger partial charge >= 0.3 is 0 Å². The lowest BCUT2D eigenvalue weighted by Crippen LogP contribution is -2.31. The van der Waals surface area contributed by atoms with Crippen LogP contribution in [0.1, 0.15) is 23.6 Å². The molecule has 3 rings (SSSR count). The zero-order chi connectivity index (χ0) is 20.1. The molecule has 1 heterocycles. The van der Waals surface area contributed by atoms with Crippen LogP contribution in [0.3, 0.4) is 0 Å². The zero-order valence-electron chi connectivity index (χ0n) is 15.9. The minimum Gasteiger partial charge on any atom is -0.507 e. The molecule has 1 saturated heterocycles.